The number of hydrogen-bond donors (Lipinski definition) is 1. The molecule has 2 N–H and O–H groups in total. The first-order valence-electron chi connectivity index (χ1n) is 10.6. The van der Waals surface area contributed by atoms with E-state index in [1.807, 2.05) is 19.9 Å². The Balaban J connectivity index is 1.76. The van der Waals surface area contributed by atoms with Gasteiger partial charge in [0.15, 0.2) is 5.82 Å². The maximum atomic E-state index is 9.70. The number of aryl methyl sites for hydroxylation is 3. The third-order valence-corrected chi connectivity index (χ3v) is 6.20. The molecule has 1 aliphatic rings. The summed E-state index contributed by atoms with van der Waals surface area (Å²) >= 11 is 0. The molecule has 1 saturated heterocycles. The molecule has 0 saturated carbocycles. The molecule has 0 radical (unpaired) electrons. The quantitative estimate of drug-likeness (QED) is 0.513. The van der Waals surface area contributed by atoms with Gasteiger partial charge in [-0.15, -0.1) is 0 Å². The minimum Gasteiger partial charge on any atom is -0.382 e. The second-order valence-electron chi connectivity index (χ2n) is 8.19. The van der Waals surface area contributed by atoms with E-state index < -0.39 is 0 Å². The molecule has 1 fully saturated rings. The third-order valence-electron chi connectivity index (χ3n) is 6.20. The SMILES string of the molecule is Cc1noc(C)c1-c1nc2c(C)cccc2cc1C1CCCN1c1ncnc(N)c1C#N. The lowest BCUT2D eigenvalue weighted by atomic mass is 9.94. The van der Waals surface area contributed by atoms with E-state index in [1.54, 1.807) is 0 Å². The van der Waals surface area contributed by atoms with Crippen LogP contribution in [0, 0.1) is 32.1 Å². The van der Waals surface area contributed by atoms with Crippen LogP contribution in [0.3, 0.4) is 0 Å². The Morgan fingerprint density at radius 1 is 1.22 bits per heavy atom. The van der Waals surface area contributed by atoms with Crippen molar-refractivity contribution in [3.8, 4) is 17.3 Å². The Bertz CT molecular complexity index is 1370. The van der Waals surface area contributed by atoms with Crippen LogP contribution in [0.4, 0.5) is 11.6 Å². The normalized spacial score (nSPS) is 15.9. The lowest BCUT2D eigenvalue weighted by Gasteiger charge is -2.28. The molecule has 8 heteroatoms. The van der Waals surface area contributed by atoms with Gasteiger partial charge in [0.25, 0.3) is 0 Å². The maximum Gasteiger partial charge on any atom is 0.152 e. The molecule has 1 atom stereocenters. The van der Waals surface area contributed by atoms with Gasteiger partial charge in [-0.1, -0.05) is 23.4 Å². The minimum atomic E-state index is -0.0162. The van der Waals surface area contributed by atoms with Crippen LogP contribution in [0.15, 0.2) is 35.1 Å². The number of anilines is 2. The van der Waals surface area contributed by atoms with Gasteiger partial charge in [-0.05, 0) is 45.2 Å². The summed E-state index contributed by atoms with van der Waals surface area (Å²) in [6.07, 6.45) is 3.29. The van der Waals surface area contributed by atoms with Crippen LogP contribution in [0.2, 0.25) is 0 Å². The lowest BCUT2D eigenvalue weighted by molar-refractivity contribution is 0.393. The predicted octanol–water partition coefficient (Wildman–Crippen LogP) is 4.40. The summed E-state index contributed by atoms with van der Waals surface area (Å²) in [7, 11) is 0. The number of hydrogen-bond acceptors (Lipinski definition) is 8. The summed E-state index contributed by atoms with van der Waals surface area (Å²) in [5, 5.41) is 14.9. The summed E-state index contributed by atoms with van der Waals surface area (Å²) < 4.78 is 5.49. The number of fused-ring (bicyclic) bond motifs is 1. The number of pyridine rings is 1. The molecule has 5 rings (SSSR count). The van der Waals surface area contributed by atoms with Crippen LogP contribution in [-0.2, 0) is 0 Å². The second-order valence-corrected chi connectivity index (χ2v) is 8.19. The Labute approximate surface area is 185 Å². The van der Waals surface area contributed by atoms with Crippen molar-refractivity contribution in [3.63, 3.8) is 0 Å². The first-order chi connectivity index (χ1) is 15.5. The third kappa shape index (κ3) is 3.05. The molecule has 160 valence electrons. The van der Waals surface area contributed by atoms with E-state index in [0.717, 1.165) is 64.1 Å². The first-order valence-corrected chi connectivity index (χ1v) is 10.6. The van der Waals surface area contributed by atoms with Crippen molar-refractivity contribution in [1.29, 1.82) is 5.26 Å². The molecule has 1 aromatic carbocycles. The molecule has 1 aliphatic heterocycles. The highest BCUT2D eigenvalue weighted by molar-refractivity contribution is 5.87. The molecular weight excluding hydrogens is 402 g/mol. The largest absolute Gasteiger partial charge is 0.382 e. The molecule has 0 bridgehead atoms. The van der Waals surface area contributed by atoms with Gasteiger partial charge >= 0.3 is 0 Å². The van der Waals surface area contributed by atoms with Crippen molar-refractivity contribution in [2.45, 2.75) is 39.7 Å². The van der Waals surface area contributed by atoms with Gasteiger partial charge in [0.1, 0.15) is 29.5 Å². The molecular formula is C24H23N7O. The van der Waals surface area contributed by atoms with E-state index in [-0.39, 0.29) is 11.9 Å². The van der Waals surface area contributed by atoms with Crippen LogP contribution in [0.1, 0.15) is 47.0 Å². The number of nitrogens with two attached hydrogens (primary N) is 1. The summed E-state index contributed by atoms with van der Waals surface area (Å²) in [5.74, 6) is 1.50. The van der Waals surface area contributed by atoms with E-state index in [0.29, 0.717) is 11.4 Å². The standard InChI is InChI=1S/C24H23N7O/c1-13-6-4-7-16-10-17(22(29-21(13)16)20-14(2)30-32-15(20)3)19-8-5-9-31(19)24-18(11-25)23(26)27-12-28-24/h4,6-7,10,12,19H,5,8-9H2,1-3H3,(H2,26,27,28). The number of nitriles is 1. The van der Waals surface area contributed by atoms with Crippen LogP contribution in [0.25, 0.3) is 22.2 Å². The summed E-state index contributed by atoms with van der Waals surface area (Å²) in [6.45, 7) is 6.68. The zero-order chi connectivity index (χ0) is 22.4. The average Bonchev–Trinajstić information content (AvgIpc) is 3.39. The summed E-state index contributed by atoms with van der Waals surface area (Å²) in [5.41, 5.74) is 12.0. The molecule has 8 nitrogen and oxygen atoms in total. The van der Waals surface area contributed by atoms with Gasteiger partial charge in [0.2, 0.25) is 0 Å². The van der Waals surface area contributed by atoms with Crippen LogP contribution < -0.4 is 10.6 Å². The number of para-hydroxylation sites is 1. The Morgan fingerprint density at radius 3 is 2.81 bits per heavy atom. The highest BCUT2D eigenvalue weighted by Gasteiger charge is 2.33. The number of aromatic nitrogens is 4. The number of nitrogen functional groups attached to an aromatic ring is 1. The van der Waals surface area contributed by atoms with Gasteiger partial charge in [0, 0.05) is 17.5 Å². The van der Waals surface area contributed by atoms with E-state index in [1.165, 1.54) is 6.33 Å². The zero-order valence-corrected chi connectivity index (χ0v) is 18.3. The summed E-state index contributed by atoms with van der Waals surface area (Å²) in [4.78, 5) is 15.7. The fraction of sp³-hybridized carbons (Fsp3) is 0.292. The van der Waals surface area contributed by atoms with Gasteiger partial charge in [-0.3, -0.25) is 0 Å². The van der Waals surface area contributed by atoms with Crippen molar-refractivity contribution < 1.29 is 4.52 Å². The first kappa shape index (κ1) is 19.9. The maximum absolute atomic E-state index is 9.70. The monoisotopic (exact) mass is 425 g/mol. The molecule has 3 aromatic heterocycles. The molecule has 0 aliphatic carbocycles. The van der Waals surface area contributed by atoms with Crippen molar-refractivity contribution in [3.05, 3.63) is 58.7 Å². The van der Waals surface area contributed by atoms with E-state index >= 15 is 0 Å². The number of rotatable bonds is 3. The number of benzene rings is 1. The second kappa shape index (κ2) is 7.61. The molecule has 0 spiro atoms. The highest BCUT2D eigenvalue weighted by Crippen LogP contribution is 2.43. The van der Waals surface area contributed by atoms with Crippen molar-refractivity contribution in [2.24, 2.45) is 0 Å². The summed E-state index contributed by atoms with van der Waals surface area (Å²) in [6, 6.07) is 10.6. The molecule has 0 amide bonds. The fourth-order valence-electron chi connectivity index (χ4n) is 4.70. The van der Waals surface area contributed by atoms with Gasteiger partial charge < -0.3 is 15.2 Å². The zero-order valence-electron chi connectivity index (χ0n) is 18.3. The van der Waals surface area contributed by atoms with Gasteiger partial charge in [0.05, 0.1) is 28.5 Å². The van der Waals surface area contributed by atoms with E-state index in [9.17, 15) is 5.26 Å². The van der Waals surface area contributed by atoms with E-state index in [4.69, 9.17) is 15.2 Å². The Kier molecular flexibility index (Phi) is 4.74. The fourth-order valence-corrected chi connectivity index (χ4v) is 4.70. The molecule has 32 heavy (non-hydrogen) atoms. The average molecular weight is 425 g/mol. The minimum absolute atomic E-state index is 0.0162. The van der Waals surface area contributed by atoms with Crippen molar-refractivity contribution >= 4 is 22.5 Å². The van der Waals surface area contributed by atoms with Crippen molar-refractivity contribution in [2.75, 3.05) is 17.2 Å². The Hall–Kier alpha value is -3.99. The van der Waals surface area contributed by atoms with Crippen LogP contribution in [-0.4, -0.2) is 26.7 Å². The molecule has 1 unspecified atom stereocenters. The van der Waals surface area contributed by atoms with Crippen molar-refractivity contribution in [1.82, 2.24) is 20.1 Å². The molecule has 4 aromatic rings. The number of nitrogens with zero attached hydrogens (tertiary/aromatic N) is 6. The Morgan fingerprint density at radius 2 is 2.06 bits per heavy atom. The van der Waals surface area contributed by atoms with Gasteiger partial charge in [-0.25, -0.2) is 15.0 Å². The lowest BCUT2D eigenvalue weighted by Crippen LogP contribution is -2.26. The van der Waals surface area contributed by atoms with E-state index in [2.05, 4.69) is 51.2 Å². The predicted molar refractivity (Wildman–Crippen MR) is 122 cm³/mol. The molecule has 4 heterocycles. The smallest absolute Gasteiger partial charge is 0.152 e. The topological polar surface area (TPSA) is 118 Å². The van der Waals surface area contributed by atoms with Gasteiger partial charge in [-0.2, -0.15) is 5.26 Å². The van der Waals surface area contributed by atoms with Crippen LogP contribution >= 0.6 is 0 Å². The van der Waals surface area contributed by atoms with Crippen LogP contribution in [0.5, 0.6) is 0 Å². The highest BCUT2D eigenvalue weighted by atomic mass is 16.5.